The Balaban J connectivity index is 2.85. The summed E-state index contributed by atoms with van der Waals surface area (Å²) in [6, 6.07) is 4.32. The van der Waals surface area contributed by atoms with E-state index in [1.54, 1.807) is 0 Å². The lowest BCUT2D eigenvalue weighted by molar-refractivity contribution is -0.253. The fraction of sp³-hybridized carbons (Fsp3) is 0.538. The summed E-state index contributed by atoms with van der Waals surface area (Å²) in [5, 5.41) is 9.75. The predicted molar refractivity (Wildman–Crippen MR) is 65.9 cm³/mol. The average molecular weight is 295 g/mol. The van der Waals surface area contributed by atoms with E-state index in [0.29, 0.717) is 18.4 Å². The monoisotopic (exact) mass is 295 g/mol. The zero-order chi connectivity index (χ0) is 15.3. The molecule has 3 nitrogen and oxygen atoms in total. The summed E-state index contributed by atoms with van der Waals surface area (Å²) in [6.07, 6.45) is -8.19. The Bertz CT molecular complexity index is 429. The van der Waals surface area contributed by atoms with Crippen molar-refractivity contribution in [3.05, 3.63) is 29.8 Å². The second kappa shape index (κ2) is 6.90. The second-order valence-corrected chi connectivity index (χ2v) is 4.42. The van der Waals surface area contributed by atoms with Crippen LogP contribution in [0.15, 0.2) is 24.3 Å². The van der Waals surface area contributed by atoms with E-state index in [0.717, 1.165) is 12.1 Å². The van der Waals surface area contributed by atoms with Gasteiger partial charge in [0.05, 0.1) is 12.1 Å². The van der Waals surface area contributed by atoms with E-state index in [1.807, 2.05) is 6.92 Å². The van der Waals surface area contributed by atoms with E-state index >= 15 is 0 Å². The number of benzene rings is 1. The third kappa shape index (κ3) is 4.35. The van der Waals surface area contributed by atoms with E-state index in [2.05, 4.69) is 4.74 Å². The van der Waals surface area contributed by atoms with Crippen LogP contribution in [0.3, 0.4) is 0 Å². The Kier molecular flexibility index (Phi) is 5.76. The van der Waals surface area contributed by atoms with Crippen LogP contribution in [0.5, 0.6) is 5.75 Å². The van der Waals surface area contributed by atoms with Crippen molar-refractivity contribution in [1.29, 1.82) is 0 Å². The molecule has 0 fully saturated rings. The standard InChI is InChI=1S/C13H17F4NO2/c1-2-4-10(19)11(18)8-5-3-6-9(7-8)20-13(16,17)12(14)15/h3,5-7,10-12,19H,2,4,18H2,1H3/t10-,11+/m1/s1. The number of aliphatic hydroxyl groups is 1. The number of hydrogen-bond donors (Lipinski definition) is 2. The van der Waals surface area contributed by atoms with Gasteiger partial charge in [-0.3, -0.25) is 0 Å². The SMILES string of the molecule is CCC[C@@H](O)[C@@H](N)c1cccc(OC(F)(F)C(F)F)c1. The number of ether oxygens (including phenoxy) is 1. The number of halogens is 4. The van der Waals surface area contributed by atoms with Crippen molar-refractivity contribution in [2.45, 2.75) is 44.4 Å². The molecule has 1 rings (SSSR count). The minimum absolute atomic E-state index is 0.341. The van der Waals surface area contributed by atoms with Crippen LogP contribution in [0.25, 0.3) is 0 Å². The number of rotatable bonds is 7. The zero-order valence-corrected chi connectivity index (χ0v) is 10.9. The number of aliphatic hydroxyl groups excluding tert-OH is 1. The van der Waals surface area contributed by atoms with Gasteiger partial charge in [-0.15, -0.1) is 0 Å². The van der Waals surface area contributed by atoms with E-state index in [-0.39, 0.29) is 0 Å². The normalized spacial score (nSPS) is 15.2. The molecule has 1 aromatic rings. The van der Waals surface area contributed by atoms with Crippen molar-refractivity contribution in [1.82, 2.24) is 0 Å². The Labute approximate surface area is 114 Å². The van der Waals surface area contributed by atoms with Crippen molar-refractivity contribution in [2.24, 2.45) is 5.73 Å². The van der Waals surface area contributed by atoms with E-state index < -0.39 is 30.4 Å². The molecule has 0 aromatic heterocycles. The van der Waals surface area contributed by atoms with Gasteiger partial charge in [-0.25, -0.2) is 0 Å². The second-order valence-electron chi connectivity index (χ2n) is 4.42. The summed E-state index contributed by atoms with van der Waals surface area (Å²) in [7, 11) is 0. The first-order chi connectivity index (χ1) is 9.27. The Morgan fingerprint density at radius 1 is 1.35 bits per heavy atom. The fourth-order valence-electron chi connectivity index (χ4n) is 1.68. The fourth-order valence-corrected chi connectivity index (χ4v) is 1.68. The average Bonchev–Trinajstić information content (AvgIpc) is 2.37. The summed E-state index contributed by atoms with van der Waals surface area (Å²) in [5.41, 5.74) is 6.12. The molecule has 114 valence electrons. The highest BCUT2D eigenvalue weighted by Gasteiger charge is 2.44. The topological polar surface area (TPSA) is 55.5 Å². The molecule has 0 aliphatic heterocycles. The first kappa shape index (κ1) is 16.7. The molecule has 0 aliphatic rings. The highest BCUT2D eigenvalue weighted by Crippen LogP contribution is 2.29. The largest absolute Gasteiger partial charge is 0.461 e. The van der Waals surface area contributed by atoms with Crippen LogP contribution in [0, 0.1) is 0 Å². The Morgan fingerprint density at radius 2 is 2.00 bits per heavy atom. The van der Waals surface area contributed by atoms with Gasteiger partial charge >= 0.3 is 12.5 Å². The van der Waals surface area contributed by atoms with Gasteiger partial charge in [0.25, 0.3) is 0 Å². The van der Waals surface area contributed by atoms with Crippen LogP contribution in [0.4, 0.5) is 17.6 Å². The van der Waals surface area contributed by atoms with E-state index in [1.165, 1.54) is 12.1 Å². The van der Waals surface area contributed by atoms with Crippen LogP contribution >= 0.6 is 0 Å². The van der Waals surface area contributed by atoms with Crippen molar-refractivity contribution in [3.8, 4) is 5.75 Å². The summed E-state index contributed by atoms with van der Waals surface area (Å²) in [6.45, 7) is 1.86. The maximum atomic E-state index is 12.8. The minimum atomic E-state index is -4.56. The molecule has 0 heterocycles. The lowest BCUT2D eigenvalue weighted by atomic mass is 9.99. The Morgan fingerprint density at radius 3 is 2.55 bits per heavy atom. The first-order valence-electron chi connectivity index (χ1n) is 6.16. The molecule has 0 saturated heterocycles. The van der Waals surface area contributed by atoms with Crippen molar-refractivity contribution in [3.63, 3.8) is 0 Å². The van der Waals surface area contributed by atoms with Gasteiger partial charge < -0.3 is 15.6 Å². The molecule has 20 heavy (non-hydrogen) atoms. The molecular formula is C13H17F4NO2. The molecule has 0 aliphatic carbocycles. The highest BCUT2D eigenvalue weighted by molar-refractivity contribution is 5.31. The molecule has 0 bridgehead atoms. The van der Waals surface area contributed by atoms with Gasteiger partial charge in [-0.1, -0.05) is 25.5 Å². The maximum Gasteiger partial charge on any atom is 0.461 e. The third-order valence-electron chi connectivity index (χ3n) is 2.75. The van der Waals surface area contributed by atoms with Crippen LogP contribution in [-0.4, -0.2) is 23.7 Å². The lowest BCUT2D eigenvalue weighted by Crippen LogP contribution is -2.33. The van der Waals surface area contributed by atoms with Crippen LogP contribution in [-0.2, 0) is 0 Å². The molecular weight excluding hydrogens is 278 g/mol. The van der Waals surface area contributed by atoms with Crippen molar-refractivity contribution >= 4 is 0 Å². The molecule has 0 radical (unpaired) electrons. The van der Waals surface area contributed by atoms with Gasteiger partial charge in [0.15, 0.2) is 0 Å². The number of nitrogens with two attached hydrogens (primary N) is 1. The number of hydrogen-bond acceptors (Lipinski definition) is 3. The summed E-state index contributed by atoms with van der Waals surface area (Å²) >= 11 is 0. The van der Waals surface area contributed by atoms with E-state index in [9.17, 15) is 22.7 Å². The predicted octanol–water partition coefficient (Wildman–Crippen LogP) is 3.08. The van der Waals surface area contributed by atoms with Gasteiger partial charge in [0.2, 0.25) is 0 Å². The first-order valence-corrected chi connectivity index (χ1v) is 6.16. The van der Waals surface area contributed by atoms with Gasteiger partial charge in [0.1, 0.15) is 5.75 Å². The van der Waals surface area contributed by atoms with Crippen LogP contribution < -0.4 is 10.5 Å². The molecule has 2 atom stereocenters. The van der Waals surface area contributed by atoms with Crippen LogP contribution in [0.2, 0.25) is 0 Å². The molecule has 0 saturated carbocycles. The lowest BCUT2D eigenvalue weighted by Gasteiger charge is -2.21. The summed E-state index contributed by atoms with van der Waals surface area (Å²) in [4.78, 5) is 0. The van der Waals surface area contributed by atoms with Crippen molar-refractivity contribution in [2.75, 3.05) is 0 Å². The smallest absolute Gasteiger partial charge is 0.428 e. The third-order valence-corrected chi connectivity index (χ3v) is 2.75. The highest BCUT2D eigenvalue weighted by atomic mass is 19.3. The van der Waals surface area contributed by atoms with Gasteiger partial charge in [0, 0.05) is 0 Å². The molecule has 0 amide bonds. The molecule has 0 spiro atoms. The maximum absolute atomic E-state index is 12.8. The van der Waals surface area contributed by atoms with Gasteiger partial charge in [-0.2, -0.15) is 17.6 Å². The summed E-state index contributed by atoms with van der Waals surface area (Å²) in [5.74, 6) is -0.424. The quantitative estimate of drug-likeness (QED) is 0.760. The molecule has 7 heteroatoms. The number of alkyl halides is 4. The van der Waals surface area contributed by atoms with E-state index in [4.69, 9.17) is 5.73 Å². The van der Waals surface area contributed by atoms with Gasteiger partial charge in [-0.05, 0) is 24.1 Å². The molecule has 0 unspecified atom stereocenters. The Hall–Kier alpha value is -1.34. The molecule has 3 N–H and O–H groups in total. The van der Waals surface area contributed by atoms with Crippen LogP contribution in [0.1, 0.15) is 31.4 Å². The van der Waals surface area contributed by atoms with Crippen molar-refractivity contribution < 1.29 is 27.4 Å². The molecule has 1 aromatic carbocycles. The zero-order valence-electron chi connectivity index (χ0n) is 10.9. The minimum Gasteiger partial charge on any atom is -0.428 e. The summed E-state index contributed by atoms with van der Waals surface area (Å²) < 4.78 is 53.6.